The number of benzene rings is 1. The van der Waals surface area contributed by atoms with E-state index in [1.807, 2.05) is 6.92 Å². The van der Waals surface area contributed by atoms with Crippen molar-refractivity contribution in [1.82, 2.24) is 14.8 Å². The van der Waals surface area contributed by atoms with E-state index in [4.69, 9.17) is 9.47 Å². The predicted octanol–water partition coefficient (Wildman–Crippen LogP) is 4.77. The molecule has 26 heavy (non-hydrogen) atoms. The zero-order valence-electron chi connectivity index (χ0n) is 15.2. The van der Waals surface area contributed by atoms with Gasteiger partial charge in [0.2, 0.25) is 0 Å². The van der Waals surface area contributed by atoms with Crippen LogP contribution < -0.4 is 9.47 Å². The van der Waals surface area contributed by atoms with Gasteiger partial charge in [-0.2, -0.15) is 5.10 Å². The minimum atomic E-state index is -2.61. The van der Waals surface area contributed by atoms with Crippen LogP contribution >= 0.6 is 0 Å². The van der Waals surface area contributed by atoms with Gasteiger partial charge in [-0.1, -0.05) is 6.92 Å². The first kappa shape index (κ1) is 18.1. The van der Waals surface area contributed by atoms with Crippen molar-refractivity contribution in [3.05, 3.63) is 35.5 Å². The molecule has 5 nitrogen and oxygen atoms in total. The van der Waals surface area contributed by atoms with E-state index < -0.39 is 6.43 Å². The van der Waals surface area contributed by atoms with Crippen LogP contribution in [0.25, 0.3) is 22.3 Å². The predicted molar refractivity (Wildman–Crippen MR) is 96.1 cm³/mol. The van der Waals surface area contributed by atoms with Crippen LogP contribution in [0, 0.1) is 6.92 Å². The molecule has 1 aromatic carbocycles. The Hall–Kier alpha value is -2.70. The molecule has 0 fully saturated rings. The Balaban J connectivity index is 2.25. The Labute approximate surface area is 150 Å². The van der Waals surface area contributed by atoms with Crippen molar-refractivity contribution in [3.63, 3.8) is 0 Å². The van der Waals surface area contributed by atoms with Crippen LogP contribution in [0.4, 0.5) is 8.78 Å². The molecule has 0 spiro atoms. The second kappa shape index (κ2) is 7.27. The van der Waals surface area contributed by atoms with Crippen molar-refractivity contribution < 1.29 is 18.3 Å². The lowest BCUT2D eigenvalue weighted by Crippen LogP contribution is -2.01. The van der Waals surface area contributed by atoms with Crippen molar-refractivity contribution in [3.8, 4) is 22.8 Å². The number of fused-ring (bicyclic) bond motifs is 1. The SMILES string of the molecule is CCCn1nc(C)c2c(C(F)F)cc(-c3ccc(OC)c(OC)c3)nc21. The number of methoxy groups -OCH3 is 2. The van der Waals surface area contributed by atoms with E-state index in [0.29, 0.717) is 46.0 Å². The molecule has 0 saturated heterocycles. The van der Waals surface area contributed by atoms with Crippen molar-refractivity contribution >= 4 is 11.0 Å². The van der Waals surface area contributed by atoms with E-state index in [9.17, 15) is 8.78 Å². The fourth-order valence-electron chi connectivity index (χ4n) is 3.07. The first-order valence-electron chi connectivity index (χ1n) is 8.38. The standard InChI is InChI=1S/C19H21F2N3O2/c1-5-8-24-19-17(11(2)23-24)13(18(20)21)10-14(22-19)12-6-7-15(25-3)16(9-12)26-4/h6-7,9-10,18H,5,8H2,1-4H3. The number of halogens is 2. The van der Waals surface area contributed by atoms with Crippen molar-refractivity contribution in [2.24, 2.45) is 0 Å². The molecule has 0 aliphatic carbocycles. The lowest BCUT2D eigenvalue weighted by molar-refractivity contribution is 0.153. The molecule has 0 amide bonds. The summed E-state index contributed by atoms with van der Waals surface area (Å²) in [7, 11) is 3.07. The van der Waals surface area contributed by atoms with Gasteiger partial charge in [-0.05, 0) is 37.6 Å². The normalized spacial score (nSPS) is 11.3. The first-order valence-corrected chi connectivity index (χ1v) is 8.38. The zero-order chi connectivity index (χ0) is 18.8. The molecule has 0 radical (unpaired) electrons. The summed E-state index contributed by atoms with van der Waals surface area (Å²) in [5, 5.41) is 4.82. The van der Waals surface area contributed by atoms with E-state index in [1.165, 1.54) is 13.2 Å². The quantitative estimate of drug-likeness (QED) is 0.634. The molecular formula is C19H21F2N3O2. The summed E-state index contributed by atoms with van der Waals surface area (Å²) in [5.41, 5.74) is 2.11. The monoisotopic (exact) mass is 361 g/mol. The molecular weight excluding hydrogens is 340 g/mol. The third kappa shape index (κ3) is 3.09. The van der Waals surface area contributed by atoms with Crippen LogP contribution in [0.1, 0.15) is 31.0 Å². The van der Waals surface area contributed by atoms with Gasteiger partial charge in [0.15, 0.2) is 17.1 Å². The zero-order valence-corrected chi connectivity index (χ0v) is 15.2. The van der Waals surface area contributed by atoms with Gasteiger partial charge in [-0.3, -0.25) is 0 Å². The first-order chi connectivity index (χ1) is 12.5. The lowest BCUT2D eigenvalue weighted by Gasteiger charge is -2.11. The van der Waals surface area contributed by atoms with Gasteiger partial charge in [0, 0.05) is 17.7 Å². The van der Waals surface area contributed by atoms with Crippen molar-refractivity contribution in [2.45, 2.75) is 33.2 Å². The number of hydrogen-bond acceptors (Lipinski definition) is 4. The molecule has 0 saturated carbocycles. The lowest BCUT2D eigenvalue weighted by atomic mass is 10.1. The summed E-state index contributed by atoms with van der Waals surface area (Å²) in [4.78, 5) is 4.63. The van der Waals surface area contributed by atoms with Crippen molar-refractivity contribution in [1.29, 1.82) is 0 Å². The Bertz CT molecular complexity index is 938. The van der Waals surface area contributed by atoms with Gasteiger partial charge in [-0.15, -0.1) is 0 Å². The number of aryl methyl sites for hydroxylation is 2. The molecule has 0 bridgehead atoms. The maximum Gasteiger partial charge on any atom is 0.264 e. The molecule has 0 aliphatic heterocycles. The summed E-state index contributed by atoms with van der Waals surface area (Å²) < 4.78 is 39.7. The topological polar surface area (TPSA) is 49.2 Å². The minimum absolute atomic E-state index is 0.0559. The summed E-state index contributed by atoms with van der Waals surface area (Å²) in [6.45, 7) is 4.36. The summed E-state index contributed by atoms with van der Waals surface area (Å²) in [5.74, 6) is 1.09. The van der Waals surface area contributed by atoms with Crippen LogP contribution in [-0.4, -0.2) is 29.0 Å². The maximum absolute atomic E-state index is 13.7. The second-order valence-electron chi connectivity index (χ2n) is 5.97. The molecule has 0 aliphatic rings. The third-order valence-corrected chi connectivity index (χ3v) is 4.26. The highest BCUT2D eigenvalue weighted by Gasteiger charge is 2.21. The smallest absolute Gasteiger partial charge is 0.264 e. The van der Waals surface area contributed by atoms with Crippen molar-refractivity contribution in [2.75, 3.05) is 14.2 Å². The number of alkyl halides is 2. The highest BCUT2D eigenvalue weighted by Crippen LogP contribution is 2.36. The number of ether oxygens (including phenoxy) is 2. The van der Waals surface area contributed by atoms with Gasteiger partial charge in [0.1, 0.15) is 0 Å². The molecule has 138 valence electrons. The molecule has 0 N–H and O–H groups in total. The van der Waals surface area contributed by atoms with E-state index in [1.54, 1.807) is 36.9 Å². The van der Waals surface area contributed by atoms with E-state index in [0.717, 1.165) is 6.42 Å². The maximum atomic E-state index is 13.7. The van der Waals surface area contributed by atoms with Gasteiger partial charge >= 0.3 is 0 Å². The summed E-state index contributed by atoms with van der Waals surface area (Å²) in [6.07, 6.45) is -1.78. The molecule has 3 rings (SSSR count). The molecule has 2 heterocycles. The Kier molecular flexibility index (Phi) is 5.06. The molecule has 2 aromatic heterocycles. The number of aromatic nitrogens is 3. The fraction of sp³-hybridized carbons (Fsp3) is 0.368. The summed E-state index contributed by atoms with van der Waals surface area (Å²) >= 11 is 0. The van der Waals surface area contributed by atoms with Crippen LogP contribution in [-0.2, 0) is 6.54 Å². The average molecular weight is 361 g/mol. The van der Waals surface area contributed by atoms with E-state index in [2.05, 4.69) is 10.1 Å². The van der Waals surface area contributed by atoms with Gasteiger partial charge < -0.3 is 9.47 Å². The summed E-state index contributed by atoms with van der Waals surface area (Å²) in [6, 6.07) is 6.67. The number of pyridine rings is 1. The van der Waals surface area contributed by atoms with Gasteiger partial charge in [0.25, 0.3) is 6.43 Å². The number of rotatable bonds is 6. The highest BCUT2D eigenvalue weighted by atomic mass is 19.3. The van der Waals surface area contributed by atoms with Crippen LogP contribution in [0.15, 0.2) is 24.3 Å². The van der Waals surface area contributed by atoms with Crippen LogP contribution in [0.5, 0.6) is 11.5 Å². The molecule has 7 heteroatoms. The molecule has 3 aromatic rings. The largest absolute Gasteiger partial charge is 0.493 e. The Morgan fingerprint density at radius 1 is 1.12 bits per heavy atom. The molecule has 0 atom stereocenters. The third-order valence-electron chi connectivity index (χ3n) is 4.26. The van der Waals surface area contributed by atoms with Crippen LogP contribution in [0.2, 0.25) is 0 Å². The number of nitrogens with zero attached hydrogens (tertiary/aromatic N) is 3. The van der Waals surface area contributed by atoms with Gasteiger partial charge in [-0.25, -0.2) is 18.4 Å². The average Bonchev–Trinajstić information content (AvgIpc) is 2.96. The van der Waals surface area contributed by atoms with Crippen LogP contribution in [0.3, 0.4) is 0 Å². The Morgan fingerprint density at radius 3 is 2.46 bits per heavy atom. The highest BCUT2D eigenvalue weighted by molar-refractivity contribution is 5.85. The van der Waals surface area contributed by atoms with E-state index in [-0.39, 0.29) is 5.56 Å². The number of hydrogen-bond donors (Lipinski definition) is 0. The molecule has 0 unspecified atom stereocenters. The van der Waals surface area contributed by atoms with E-state index >= 15 is 0 Å². The second-order valence-corrected chi connectivity index (χ2v) is 5.97. The fourth-order valence-corrected chi connectivity index (χ4v) is 3.07. The van der Waals surface area contributed by atoms with Gasteiger partial charge in [0.05, 0.1) is 31.0 Å². The Morgan fingerprint density at radius 2 is 1.85 bits per heavy atom. The minimum Gasteiger partial charge on any atom is -0.493 e.